The summed E-state index contributed by atoms with van der Waals surface area (Å²) in [6.45, 7) is 3.83. The first kappa shape index (κ1) is 17.7. The highest BCUT2D eigenvalue weighted by molar-refractivity contribution is 6.26. The fourth-order valence-electron chi connectivity index (χ4n) is 3.48. The molecule has 1 aliphatic rings. The summed E-state index contributed by atoms with van der Waals surface area (Å²) in [4.78, 5) is 39.2. The molecule has 0 aliphatic heterocycles. The van der Waals surface area contributed by atoms with Crippen molar-refractivity contribution in [1.82, 2.24) is 4.98 Å². The second-order valence-electron chi connectivity index (χ2n) is 6.53. The molecule has 0 radical (unpaired) electrons. The Balaban J connectivity index is 1.99. The van der Waals surface area contributed by atoms with Gasteiger partial charge in [0, 0.05) is 28.8 Å². The number of hydrogen-bond donors (Lipinski definition) is 1. The summed E-state index contributed by atoms with van der Waals surface area (Å²) in [5.74, 6) is -0.852. The van der Waals surface area contributed by atoms with E-state index in [0.717, 1.165) is 5.56 Å². The first-order chi connectivity index (χ1) is 13.4. The Bertz CT molecular complexity index is 1140. The van der Waals surface area contributed by atoms with Crippen LogP contribution in [0.2, 0.25) is 0 Å². The molecule has 0 saturated heterocycles. The molecule has 1 aliphatic carbocycles. The van der Waals surface area contributed by atoms with E-state index in [1.807, 2.05) is 31.2 Å². The van der Waals surface area contributed by atoms with E-state index in [4.69, 9.17) is 4.74 Å². The number of aromatic amines is 1. The first-order valence-electron chi connectivity index (χ1n) is 8.76. The maximum absolute atomic E-state index is 13.1. The van der Waals surface area contributed by atoms with Gasteiger partial charge in [-0.15, -0.1) is 0 Å². The minimum atomic E-state index is -0.577. The van der Waals surface area contributed by atoms with Crippen LogP contribution in [0.5, 0.6) is 0 Å². The Hall–Kier alpha value is -3.74. The molecule has 4 rings (SSSR count). The van der Waals surface area contributed by atoms with Crippen LogP contribution in [-0.2, 0) is 4.74 Å². The van der Waals surface area contributed by atoms with Crippen molar-refractivity contribution in [1.29, 1.82) is 0 Å². The van der Waals surface area contributed by atoms with Crippen molar-refractivity contribution >= 4 is 17.4 Å². The van der Waals surface area contributed by atoms with Gasteiger partial charge in [-0.3, -0.25) is 14.9 Å². The third-order valence-corrected chi connectivity index (χ3v) is 4.77. The maximum Gasteiger partial charge on any atom is 0.355 e. The first-order valence-corrected chi connectivity index (χ1v) is 8.76. The van der Waals surface area contributed by atoms with Crippen molar-refractivity contribution in [2.75, 3.05) is 6.61 Å². The largest absolute Gasteiger partial charge is 0.461 e. The number of nitrogens with one attached hydrogen (secondary N) is 1. The molecule has 140 valence electrons. The standard InChI is InChI=1S/C21H16N2O5/c1-3-28-21(25)19-16(12-6-4-11(2)5-7-12)17-18(22-19)15-10-13(23(26)27)8-9-14(15)20(17)24/h4-10,22H,3H2,1-2H3. The third kappa shape index (κ3) is 2.60. The van der Waals surface area contributed by atoms with E-state index in [1.165, 1.54) is 18.2 Å². The number of carbonyl (C=O) groups excluding carboxylic acids is 2. The molecular formula is C21H16N2O5. The average Bonchev–Trinajstić information content (AvgIpc) is 3.19. The topological polar surface area (TPSA) is 102 Å². The fourth-order valence-corrected chi connectivity index (χ4v) is 3.48. The maximum atomic E-state index is 13.1. The van der Waals surface area contributed by atoms with E-state index < -0.39 is 10.9 Å². The Morgan fingerprint density at radius 2 is 1.82 bits per heavy atom. The van der Waals surface area contributed by atoms with Gasteiger partial charge < -0.3 is 9.72 Å². The molecule has 0 saturated carbocycles. The second kappa shape index (κ2) is 6.45. The molecule has 7 nitrogen and oxygen atoms in total. The van der Waals surface area contributed by atoms with E-state index in [0.29, 0.717) is 33.5 Å². The van der Waals surface area contributed by atoms with E-state index in [2.05, 4.69) is 4.98 Å². The van der Waals surface area contributed by atoms with Gasteiger partial charge in [-0.2, -0.15) is 0 Å². The van der Waals surface area contributed by atoms with Crippen molar-refractivity contribution in [3.63, 3.8) is 0 Å². The van der Waals surface area contributed by atoms with Crippen LogP contribution in [0.3, 0.4) is 0 Å². The van der Waals surface area contributed by atoms with Crippen molar-refractivity contribution in [2.24, 2.45) is 0 Å². The number of hydrogen-bond acceptors (Lipinski definition) is 5. The SMILES string of the molecule is CCOC(=O)c1[nH]c2c(c1-c1ccc(C)cc1)C(=O)c1ccc([N+](=O)[O-])cc1-2. The van der Waals surface area contributed by atoms with Gasteiger partial charge in [-0.05, 0) is 25.5 Å². The average molecular weight is 376 g/mol. The number of non-ortho nitro benzene ring substituents is 1. The van der Waals surface area contributed by atoms with Crippen LogP contribution in [0.15, 0.2) is 42.5 Å². The van der Waals surface area contributed by atoms with Crippen LogP contribution in [0, 0.1) is 17.0 Å². The van der Waals surface area contributed by atoms with Gasteiger partial charge in [0.15, 0.2) is 5.78 Å². The Labute approximate surface area is 160 Å². The zero-order valence-corrected chi connectivity index (χ0v) is 15.2. The van der Waals surface area contributed by atoms with Gasteiger partial charge in [0.25, 0.3) is 5.69 Å². The summed E-state index contributed by atoms with van der Waals surface area (Å²) in [6.07, 6.45) is 0. The molecule has 2 aromatic carbocycles. The number of aryl methyl sites for hydroxylation is 1. The van der Waals surface area contributed by atoms with Crippen LogP contribution in [0.25, 0.3) is 22.4 Å². The predicted octanol–water partition coefficient (Wildman–Crippen LogP) is 4.29. The summed E-state index contributed by atoms with van der Waals surface area (Å²) in [6, 6.07) is 11.6. The Morgan fingerprint density at radius 3 is 2.46 bits per heavy atom. The Morgan fingerprint density at radius 1 is 1.11 bits per heavy atom. The zero-order chi connectivity index (χ0) is 20.0. The van der Waals surface area contributed by atoms with Crippen molar-refractivity contribution in [3.8, 4) is 22.4 Å². The molecule has 0 fully saturated rings. The molecule has 1 N–H and O–H groups in total. The van der Waals surface area contributed by atoms with Crippen molar-refractivity contribution in [3.05, 3.63) is 75.0 Å². The monoisotopic (exact) mass is 376 g/mol. The van der Waals surface area contributed by atoms with Crippen molar-refractivity contribution in [2.45, 2.75) is 13.8 Å². The highest BCUT2D eigenvalue weighted by Gasteiger charge is 2.36. The predicted molar refractivity (Wildman–Crippen MR) is 102 cm³/mol. The van der Waals surface area contributed by atoms with Crippen LogP contribution in [0.1, 0.15) is 38.9 Å². The lowest BCUT2D eigenvalue weighted by molar-refractivity contribution is -0.384. The van der Waals surface area contributed by atoms with Gasteiger partial charge in [0.2, 0.25) is 0 Å². The van der Waals surface area contributed by atoms with E-state index in [1.54, 1.807) is 6.92 Å². The smallest absolute Gasteiger partial charge is 0.355 e. The lowest BCUT2D eigenvalue weighted by atomic mass is 9.97. The minimum Gasteiger partial charge on any atom is -0.461 e. The molecule has 7 heteroatoms. The number of ketones is 1. The highest BCUT2D eigenvalue weighted by atomic mass is 16.6. The van der Waals surface area contributed by atoms with Gasteiger partial charge in [0.05, 0.1) is 22.8 Å². The molecule has 0 bridgehead atoms. The highest BCUT2D eigenvalue weighted by Crippen LogP contribution is 2.44. The van der Waals surface area contributed by atoms with Crippen LogP contribution < -0.4 is 0 Å². The minimum absolute atomic E-state index is 0.122. The number of aromatic nitrogens is 1. The number of H-pyrrole nitrogens is 1. The molecule has 3 aromatic rings. The van der Waals surface area contributed by atoms with Gasteiger partial charge in [0.1, 0.15) is 5.69 Å². The molecule has 0 spiro atoms. The van der Waals surface area contributed by atoms with Gasteiger partial charge in [-0.1, -0.05) is 29.8 Å². The Kier molecular flexibility index (Phi) is 4.07. The number of rotatable bonds is 4. The van der Waals surface area contributed by atoms with Gasteiger partial charge >= 0.3 is 5.97 Å². The molecule has 0 unspecified atom stereocenters. The van der Waals surface area contributed by atoms with Crippen LogP contribution in [0.4, 0.5) is 5.69 Å². The quantitative estimate of drug-likeness (QED) is 0.325. The number of ether oxygens (including phenoxy) is 1. The van der Waals surface area contributed by atoms with E-state index >= 15 is 0 Å². The number of benzene rings is 2. The summed E-state index contributed by atoms with van der Waals surface area (Å²) >= 11 is 0. The number of fused-ring (bicyclic) bond motifs is 3. The fraction of sp³-hybridized carbons (Fsp3) is 0.143. The van der Waals surface area contributed by atoms with E-state index in [9.17, 15) is 19.7 Å². The second-order valence-corrected chi connectivity index (χ2v) is 6.53. The van der Waals surface area contributed by atoms with Crippen molar-refractivity contribution < 1.29 is 19.2 Å². The van der Waals surface area contributed by atoms with E-state index in [-0.39, 0.29) is 23.8 Å². The zero-order valence-electron chi connectivity index (χ0n) is 15.2. The molecule has 1 aromatic heterocycles. The number of nitrogens with zero attached hydrogens (tertiary/aromatic N) is 1. The third-order valence-electron chi connectivity index (χ3n) is 4.77. The molecule has 28 heavy (non-hydrogen) atoms. The summed E-state index contributed by atoms with van der Waals surface area (Å²) in [5, 5.41) is 11.1. The summed E-state index contributed by atoms with van der Waals surface area (Å²) in [5.41, 5.74) is 3.77. The normalized spacial score (nSPS) is 11.9. The number of esters is 1. The number of carbonyl (C=O) groups is 2. The number of nitro benzene ring substituents is 1. The van der Waals surface area contributed by atoms with Gasteiger partial charge in [-0.25, -0.2) is 4.79 Å². The lowest BCUT2D eigenvalue weighted by Crippen LogP contribution is -2.08. The summed E-state index contributed by atoms with van der Waals surface area (Å²) < 4.78 is 5.15. The summed E-state index contributed by atoms with van der Waals surface area (Å²) in [7, 11) is 0. The number of nitro groups is 1. The lowest BCUT2D eigenvalue weighted by Gasteiger charge is -2.07. The molecule has 0 amide bonds. The molecular weight excluding hydrogens is 360 g/mol. The molecule has 0 atom stereocenters. The molecule has 1 heterocycles. The van der Waals surface area contributed by atoms with Crippen LogP contribution >= 0.6 is 0 Å². The van der Waals surface area contributed by atoms with Crippen LogP contribution in [-0.4, -0.2) is 28.3 Å².